The first-order valence-corrected chi connectivity index (χ1v) is 9.01. The van der Waals surface area contributed by atoms with Crippen molar-refractivity contribution in [3.05, 3.63) is 81.6 Å². The molecule has 0 aliphatic rings. The Morgan fingerprint density at radius 3 is 2.41 bits per heavy atom. The molecule has 1 heterocycles. The van der Waals surface area contributed by atoms with Crippen molar-refractivity contribution in [2.24, 2.45) is 0 Å². The Morgan fingerprint density at radius 1 is 1.00 bits per heavy atom. The zero-order chi connectivity index (χ0) is 20.8. The lowest BCUT2D eigenvalue weighted by atomic mass is 10.3. The van der Waals surface area contributed by atoms with Crippen molar-refractivity contribution in [2.75, 3.05) is 19.0 Å². The van der Waals surface area contributed by atoms with Crippen LogP contribution < -0.4 is 25.9 Å². The van der Waals surface area contributed by atoms with E-state index in [1.54, 1.807) is 55.6 Å². The first-order valence-electron chi connectivity index (χ1n) is 9.01. The zero-order valence-corrected chi connectivity index (χ0v) is 16.1. The van der Waals surface area contributed by atoms with E-state index in [4.69, 9.17) is 9.47 Å². The number of rotatable bonds is 7. The van der Waals surface area contributed by atoms with E-state index in [1.807, 2.05) is 6.92 Å². The molecule has 8 nitrogen and oxygen atoms in total. The van der Waals surface area contributed by atoms with Crippen LogP contribution in [0, 0.1) is 0 Å². The lowest BCUT2D eigenvalue weighted by molar-refractivity contribution is -0.116. The topological polar surface area (TPSA) is 91.6 Å². The summed E-state index contributed by atoms with van der Waals surface area (Å²) in [7, 11) is 1.54. The van der Waals surface area contributed by atoms with Crippen LogP contribution in [-0.2, 0) is 11.3 Å². The van der Waals surface area contributed by atoms with Crippen LogP contribution in [0.1, 0.15) is 6.92 Å². The summed E-state index contributed by atoms with van der Waals surface area (Å²) in [6, 6.07) is 13.7. The Hall–Kier alpha value is -3.81. The van der Waals surface area contributed by atoms with E-state index in [9.17, 15) is 14.4 Å². The van der Waals surface area contributed by atoms with E-state index in [1.165, 1.54) is 17.0 Å². The fourth-order valence-electron chi connectivity index (χ4n) is 2.77. The molecule has 0 unspecified atom stereocenters. The number of amides is 1. The summed E-state index contributed by atoms with van der Waals surface area (Å²) < 4.78 is 12.8. The van der Waals surface area contributed by atoms with Crippen LogP contribution in [0.5, 0.6) is 11.5 Å². The van der Waals surface area contributed by atoms with Gasteiger partial charge < -0.3 is 14.8 Å². The number of methoxy groups -OCH3 is 1. The van der Waals surface area contributed by atoms with E-state index in [0.29, 0.717) is 29.5 Å². The van der Waals surface area contributed by atoms with Crippen molar-refractivity contribution in [1.82, 2.24) is 9.13 Å². The van der Waals surface area contributed by atoms with Gasteiger partial charge in [0, 0.05) is 18.1 Å². The first-order chi connectivity index (χ1) is 14.0. The molecule has 0 aliphatic heterocycles. The number of anilines is 1. The minimum Gasteiger partial charge on any atom is -0.497 e. The molecule has 1 N–H and O–H groups in total. The maximum atomic E-state index is 12.5. The molecule has 0 saturated heterocycles. The molecule has 2 aromatic carbocycles. The Bertz CT molecular complexity index is 1120. The Labute approximate surface area is 166 Å². The molecule has 1 aromatic heterocycles. The Morgan fingerprint density at radius 2 is 1.72 bits per heavy atom. The Balaban J connectivity index is 1.80. The van der Waals surface area contributed by atoms with Crippen LogP contribution in [0.25, 0.3) is 5.69 Å². The van der Waals surface area contributed by atoms with Crippen LogP contribution >= 0.6 is 0 Å². The molecule has 3 aromatic rings. The highest BCUT2D eigenvalue weighted by Gasteiger charge is 2.12. The van der Waals surface area contributed by atoms with Gasteiger partial charge in [-0.2, -0.15) is 0 Å². The lowest BCUT2D eigenvalue weighted by Gasteiger charge is -2.12. The maximum absolute atomic E-state index is 12.5. The summed E-state index contributed by atoms with van der Waals surface area (Å²) in [5.41, 5.74) is -0.522. The number of para-hydroxylation sites is 2. The second-order valence-electron chi connectivity index (χ2n) is 6.08. The molecule has 0 aliphatic carbocycles. The van der Waals surface area contributed by atoms with Gasteiger partial charge in [0.1, 0.15) is 18.0 Å². The lowest BCUT2D eigenvalue weighted by Crippen LogP contribution is -2.41. The van der Waals surface area contributed by atoms with Crippen molar-refractivity contribution in [3.8, 4) is 17.2 Å². The Kier molecular flexibility index (Phi) is 6.13. The highest BCUT2D eigenvalue weighted by atomic mass is 16.5. The van der Waals surface area contributed by atoms with Gasteiger partial charge in [0.2, 0.25) is 5.91 Å². The quantitative estimate of drug-likeness (QED) is 0.618. The summed E-state index contributed by atoms with van der Waals surface area (Å²) in [6.45, 7) is 2.00. The number of benzene rings is 2. The minimum atomic E-state index is -0.795. The van der Waals surface area contributed by atoms with E-state index in [-0.39, 0.29) is 6.54 Å². The standard InChI is InChI=1S/C21H21N3O5/c1-3-29-18-7-5-4-6-17(18)22-19(25)14-23-12-13-24(21(27)20(23)26)15-8-10-16(28-2)11-9-15/h4-13H,3,14H2,1-2H3,(H,22,25). The molecular formula is C21H21N3O5. The number of aromatic nitrogens is 2. The number of carbonyl (C=O) groups excluding carboxylic acids is 1. The summed E-state index contributed by atoms with van der Waals surface area (Å²) >= 11 is 0. The van der Waals surface area contributed by atoms with E-state index >= 15 is 0 Å². The molecule has 0 spiro atoms. The van der Waals surface area contributed by atoms with Gasteiger partial charge in [0.25, 0.3) is 0 Å². The summed E-state index contributed by atoms with van der Waals surface area (Å²) in [4.78, 5) is 37.3. The number of hydrogen-bond donors (Lipinski definition) is 1. The molecule has 0 bridgehead atoms. The van der Waals surface area contributed by atoms with Crippen molar-refractivity contribution < 1.29 is 14.3 Å². The number of ether oxygens (including phenoxy) is 2. The summed E-state index contributed by atoms with van der Waals surface area (Å²) in [6.07, 6.45) is 2.86. The van der Waals surface area contributed by atoms with E-state index < -0.39 is 17.0 Å². The molecule has 8 heteroatoms. The molecule has 150 valence electrons. The van der Waals surface area contributed by atoms with Crippen molar-refractivity contribution in [1.29, 1.82) is 0 Å². The van der Waals surface area contributed by atoms with E-state index in [0.717, 1.165) is 4.57 Å². The smallest absolute Gasteiger partial charge is 0.320 e. The van der Waals surface area contributed by atoms with E-state index in [2.05, 4.69) is 5.32 Å². The minimum absolute atomic E-state index is 0.294. The highest BCUT2D eigenvalue weighted by Crippen LogP contribution is 2.23. The second-order valence-corrected chi connectivity index (χ2v) is 6.08. The molecule has 0 saturated carbocycles. The fourth-order valence-corrected chi connectivity index (χ4v) is 2.77. The van der Waals surface area contributed by atoms with Crippen LogP contribution in [0.4, 0.5) is 5.69 Å². The molecule has 0 radical (unpaired) electrons. The van der Waals surface area contributed by atoms with Gasteiger partial charge in [0.05, 0.1) is 19.4 Å². The maximum Gasteiger partial charge on any atom is 0.320 e. The van der Waals surface area contributed by atoms with Gasteiger partial charge in [-0.1, -0.05) is 12.1 Å². The number of nitrogens with one attached hydrogen (secondary N) is 1. The predicted octanol–water partition coefficient (Wildman–Crippen LogP) is 2.05. The average Bonchev–Trinajstić information content (AvgIpc) is 2.73. The van der Waals surface area contributed by atoms with Crippen LogP contribution in [0.3, 0.4) is 0 Å². The largest absolute Gasteiger partial charge is 0.497 e. The van der Waals surface area contributed by atoms with Gasteiger partial charge in [-0.25, -0.2) is 0 Å². The number of hydrogen-bond acceptors (Lipinski definition) is 5. The summed E-state index contributed by atoms with van der Waals surface area (Å²) in [5, 5.41) is 2.70. The monoisotopic (exact) mass is 395 g/mol. The first kappa shape index (κ1) is 19.9. The zero-order valence-electron chi connectivity index (χ0n) is 16.1. The number of nitrogens with zero attached hydrogens (tertiary/aromatic N) is 2. The molecule has 3 rings (SSSR count). The highest BCUT2D eigenvalue weighted by molar-refractivity contribution is 5.92. The normalized spacial score (nSPS) is 10.4. The second kappa shape index (κ2) is 8.92. The third kappa shape index (κ3) is 4.55. The van der Waals surface area contributed by atoms with Crippen LogP contribution in [-0.4, -0.2) is 28.8 Å². The van der Waals surface area contributed by atoms with Crippen molar-refractivity contribution in [3.63, 3.8) is 0 Å². The van der Waals surface area contributed by atoms with Gasteiger partial charge in [-0.15, -0.1) is 0 Å². The SMILES string of the molecule is CCOc1ccccc1NC(=O)Cn1ccn(-c2ccc(OC)cc2)c(=O)c1=O. The third-order valence-electron chi connectivity index (χ3n) is 4.18. The van der Waals surface area contributed by atoms with Crippen molar-refractivity contribution in [2.45, 2.75) is 13.5 Å². The summed E-state index contributed by atoms with van der Waals surface area (Å²) in [5.74, 6) is 0.727. The fraction of sp³-hybridized carbons (Fsp3) is 0.190. The molecular weight excluding hydrogens is 374 g/mol. The molecule has 1 amide bonds. The predicted molar refractivity (Wildman–Crippen MR) is 109 cm³/mol. The van der Waals surface area contributed by atoms with Gasteiger partial charge in [0.15, 0.2) is 0 Å². The molecule has 0 fully saturated rings. The van der Waals surface area contributed by atoms with Gasteiger partial charge in [-0.3, -0.25) is 23.5 Å². The van der Waals surface area contributed by atoms with Crippen LogP contribution in [0.15, 0.2) is 70.5 Å². The molecule has 29 heavy (non-hydrogen) atoms. The van der Waals surface area contributed by atoms with Gasteiger partial charge >= 0.3 is 11.1 Å². The third-order valence-corrected chi connectivity index (χ3v) is 4.18. The average molecular weight is 395 g/mol. The van der Waals surface area contributed by atoms with Crippen LogP contribution in [0.2, 0.25) is 0 Å². The number of carbonyl (C=O) groups is 1. The van der Waals surface area contributed by atoms with Crippen molar-refractivity contribution >= 4 is 11.6 Å². The molecule has 0 atom stereocenters. The van der Waals surface area contributed by atoms with Gasteiger partial charge in [-0.05, 0) is 43.3 Å².